The van der Waals surface area contributed by atoms with Gasteiger partial charge in [0.2, 0.25) is 5.91 Å². The van der Waals surface area contributed by atoms with Gasteiger partial charge in [-0.25, -0.2) is 4.99 Å². The first-order valence-corrected chi connectivity index (χ1v) is 9.97. The summed E-state index contributed by atoms with van der Waals surface area (Å²) in [5.74, 6) is 0.300. The number of nitrogens with two attached hydrogens (primary N) is 1. The Labute approximate surface area is 180 Å². The number of amides is 1. The van der Waals surface area contributed by atoms with Gasteiger partial charge in [0.1, 0.15) is 5.75 Å². The Bertz CT molecular complexity index is 1160. The van der Waals surface area contributed by atoms with Crippen LogP contribution in [0.25, 0.3) is 22.3 Å². The first-order chi connectivity index (χ1) is 14.3. The third-order valence-corrected chi connectivity index (χ3v) is 5.82. The van der Waals surface area contributed by atoms with Gasteiger partial charge in [-0.2, -0.15) is 0 Å². The molecule has 0 spiro atoms. The monoisotopic (exact) mass is 419 g/mol. The second-order valence-corrected chi connectivity index (χ2v) is 8.07. The molecule has 1 heterocycles. The minimum absolute atomic E-state index is 0.103. The predicted molar refractivity (Wildman–Crippen MR) is 120 cm³/mol. The van der Waals surface area contributed by atoms with Crippen molar-refractivity contribution in [2.24, 2.45) is 10.7 Å². The van der Waals surface area contributed by atoms with Gasteiger partial charge >= 0.3 is 0 Å². The van der Waals surface area contributed by atoms with Crippen LogP contribution in [0.4, 0.5) is 0 Å². The number of aliphatic imine (C=N–C) groups is 1. The van der Waals surface area contributed by atoms with Crippen LogP contribution in [0.1, 0.15) is 18.9 Å². The van der Waals surface area contributed by atoms with Crippen molar-refractivity contribution in [3.63, 3.8) is 0 Å². The summed E-state index contributed by atoms with van der Waals surface area (Å²) in [6.45, 7) is 1.89. The van der Waals surface area contributed by atoms with E-state index in [0.717, 1.165) is 27.8 Å². The summed E-state index contributed by atoms with van der Waals surface area (Å²) >= 11 is 6.65. The van der Waals surface area contributed by atoms with Crippen molar-refractivity contribution in [1.29, 1.82) is 0 Å². The van der Waals surface area contributed by atoms with E-state index in [4.69, 9.17) is 17.3 Å². The number of phenolic OH excluding ortho intramolecular Hbond substituents is 1. The Morgan fingerprint density at radius 2 is 1.70 bits per heavy atom. The number of aromatic hydroxyl groups is 1. The highest BCUT2D eigenvalue weighted by Gasteiger charge is 2.39. The zero-order chi connectivity index (χ0) is 21.5. The zero-order valence-electron chi connectivity index (χ0n) is 16.8. The molecule has 0 saturated carbocycles. The number of carbonyl (C=O) groups is 1. The molecule has 3 aromatic carbocycles. The number of halogens is 1. The molecule has 4 rings (SSSR count). The maximum atomic E-state index is 12.5. The fourth-order valence-electron chi connectivity index (χ4n) is 3.88. The van der Waals surface area contributed by atoms with Gasteiger partial charge in [0.25, 0.3) is 0 Å². The number of benzene rings is 3. The van der Waals surface area contributed by atoms with Gasteiger partial charge in [0.15, 0.2) is 5.96 Å². The van der Waals surface area contributed by atoms with Crippen molar-refractivity contribution in [2.45, 2.75) is 18.9 Å². The molecule has 1 amide bonds. The molecule has 0 radical (unpaired) electrons. The third kappa shape index (κ3) is 3.53. The Morgan fingerprint density at radius 3 is 2.40 bits per heavy atom. The minimum atomic E-state index is -0.865. The first kappa shape index (κ1) is 20.0. The summed E-state index contributed by atoms with van der Waals surface area (Å²) in [5.41, 5.74) is 9.79. The van der Waals surface area contributed by atoms with Gasteiger partial charge in [0, 0.05) is 17.6 Å². The van der Waals surface area contributed by atoms with Crippen molar-refractivity contribution >= 4 is 23.5 Å². The third-order valence-electron chi connectivity index (χ3n) is 5.50. The highest BCUT2D eigenvalue weighted by atomic mass is 35.5. The summed E-state index contributed by atoms with van der Waals surface area (Å²) < 4.78 is 0. The van der Waals surface area contributed by atoms with E-state index in [1.165, 1.54) is 4.90 Å². The molecule has 1 atom stereocenters. The average Bonchev–Trinajstić information content (AvgIpc) is 2.72. The lowest BCUT2D eigenvalue weighted by molar-refractivity contribution is -0.128. The van der Waals surface area contributed by atoms with Crippen molar-refractivity contribution in [1.82, 2.24) is 4.90 Å². The Morgan fingerprint density at radius 1 is 1.03 bits per heavy atom. The Hall–Kier alpha value is -3.31. The van der Waals surface area contributed by atoms with E-state index in [1.54, 1.807) is 19.2 Å². The zero-order valence-corrected chi connectivity index (χ0v) is 17.5. The van der Waals surface area contributed by atoms with Gasteiger partial charge in [-0.3, -0.25) is 9.69 Å². The molecule has 0 saturated heterocycles. The molecule has 0 fully saturated rings. The summed E-state index contributed by atoms with van der Waals surface area (Å²) in [4.78, 5) is 18.5. The average molecular weight is 420 g/mol. The van der Waals surface area contributed by atoms with Gasteiger partial charge in [0.05, 0.1) is 12.0 Å². The lowest BCUT2D eigenvalue weighted by atomic mass is 9.82. The van der Waals surface area contributed by atoms with Crippen LogP contribution in [0, 0.1) is 0 Å². The smallest absolute Gasteiger partial charge is 0.231 e. The van der Waals surface area contributed by atoms with Gasteiger partial charge in [-0.1, -0.05) is 54.1 Å². The number of phenols is 1. The normalized spacial score (nSPS) is 19.0. The molecule has 1 unspecified atom stereocenters. The van der Waals surface area contributed by atoms with Crippen LogP contribution in [0.2, 0.25) is 5.02 Å². The fraction of sp³-hybridized carbons (Fsp3) is 0.167. The molecule has 1 aliphatic heterocycles. The molecule has 0 aromatic heterocycles. The molecule has 6 heteroatoms. The highest BCUT2D eigenvalue weighted by Crippen LogP contribution is 2.43. The molecular formula is C24H22ClN3O2. The van der Waals surface area contributed by atoms with Gasteiger partial charge < -0.3 is 10.8 Å². The van der Waals surface area contributed by atoms with Crippen LogP contribution in [0.15, 0.2) is 71.7 Å². The second-order valence-electron chi connectivity index (χ2n) is 7.66. The molecule has 0 bridgehead atoms. The number of guanidine groups is 1. The molecular weight excluding hydrogens is 398 g/mol. The van der Waals surface area contributed by atoms with E-state index in [2.05, 4.69) is 11.1 Å². The largest absolute Gasteiger partial charge is 0.508 e. The van der Waals surface area contributed by atoms with E-state index in [-0.39, 0.29) is 24.0 Å². The second kappa shape index (κ2) is 7.50. The van der Waals surface area contributed by atoms with Crippen LogP contribution in [0.5, 0.6) is 5.75 Å². The van der Waals surface area contributed by atoms with Crippen molar-refractivity contribution < 1.29 is 9.90 Å². The summed E-state index contributed by atoms with van der Waals surface area (Å²) in [6.07, 6.45) is 0.179. The minimum Gasteiger partial charge on any atom is -0.508 e. The first-order valence-electron chi connectivity index (χ1n) is 9.59. The number of hydrogen-bond acceptors (Lipinski definition) is 4. The van der Waals surface area contributed by atoms with Crippen LogP contribution in [-0.2, 0) is 10.3 Å². The Balaban J connectivity index is 1.86. The molecule has 152 valence electrons. The van der Waals surface area contributed by atoms with E-state index in [0.29, 0.717) is 5.02 Å². The van der Waals surface area contributed by atoms with E-state index in [1.807, 2.05) is 55.5 Å². The van der Waals surface area contributed by atoms with Crippen LogP contribution in [-0.4, -0.2) is 28.9 Å². The number of nitrogens with zero attached hydrogens (tertiary/aromatic N) is 2. The van der Waals surface area contributed by atoms with Crippen molar-refractivity contribution in [3.8, 4) is 28.0 Å². The maximum Gasteiger partial charge on any atom is 0.231 e. The van der Waals surface area contributed by atoms with Crippen LogP contribution < -0.4 is 5.73 Å². The number of rotatable bonds is 3. The van der Waals surface area contributed by atoms with E-state index in [9.17, 15) is 9.90 Å². The molecule has 0 aliphatic carbocycles. The highest BCUT2D eigenvalue weighted by molar-refractivity contribution is 6.32. The molecule has 30 heavy (non-hydrogen) atoms. The Kier molecular flexibility index (Phi) is 5.00. The SMILES string of the molecule is CN1C(=O)CC(C)(c2c(Cl)cccc2-c2cccc(-c3ccc(O)cc3)c2)N=C1N. The lowest BCUT2D eigenvalue weighted by Gasteiger charge is -2.35. The number of carbonyl (C=O) groups excluding carboxylic acids is 1. The summed E-state index contributed by atoms with van der Waals surface area (Å²) in [6, 6.07) is 20.8. The molecule has 3 aromatic rings. The van der Waals surface area contributed by atoms with Gasteiger partial charge in [-0.05, 0) is 53.4 Å². The van der Waals surface area contributed by atoms with E-state index >= 15 is 0 Å². The summed E-state index contributed by atoms with van der Waals surface area (Å²) in [5, 5.41) is 10.1. The topological polar surface area (TPSA) is 78.9 Å². The number of hydrogen-bond donors (Lipinski definition) is 2. The van der Waals surface area contributed by atoms with Crippen molar-refractivity contribution in [3.05, 3.63) is 77.3 Å². The standard InChI is InChI=1S/C24H22ClN3O2/c1-24(14-21(30)28(2)23(26)27-24)22-19(7-4-8-20(22)25)17-6-3-5-16(13-17)15-9-11-18(29)12-10-15/h3-13,29H,14H2,1-2H3,(H2,26,27). The van der Waals surface area contributed by atoms with Crippen molar-refractivity contribution in [2.75, 3.05) is 7.05 Å². The quantitative estimate of drug-likeness (QED) is 0.641. The van der Waals surface area contributed by atoms with Gasteiger partial charge in [-0.15, -0.1) is 0 Å². The molecule has 5 nitrogen and oxygen atoms in total. The molecule has 3 N–H and O–H groups in total. The fourth-order valence-corrected chi connectivity index (χ4v) is 4.26. The van der Waals surface area contributed by atoms with E-state index < -0.39 is 5.54 Å². The van der Waals surface area contributed by atoms with Crippen LogP contribution in [0.3, 0.4) is 0 Å². The predicted octanol–water partition coefficient (Wildman–Crippen LogP) is 4.77. The molecule has 1 aliphatic rings. The lowest BCUT2D eigenvalue weighted by Crippen LogP contribution is -2.47. The maximum absolute atomic E-state index is 12.5. The van der Waals surface area contributed by atoms with Crippen LogP contribution >= 0.6 is 11.6 Å². The summed E-state index contributed by atoms with van der Waals surface area (Å²) in [7, 11) is 1.62.